The predicted octanol–water partition coefficient (Wildman–Crippen LogP) is -1.45. The average Bonchev–Trinajstić information content (AvgIpc) is 3.21. The number of amides is 8. The van der Waals surface area contributed by atoms with Gasteiger partial charge in [-0.2, -0.15) is 0 Å². The summed E-state index contributed by atoms with van der Waals surface area (Å²) in [5.41, 5.74) is 29.2. The van der Waals surface area contributed by atoms with Crippen LogP contribution in [-0.4, -0.2) is 115 Å². The zero-order valence-corrected chi connectivity index (χ0v) is 36.9. The highest BCUT2D eigenvalue weighted by Crippen LogP contribution is 2.25. The molecule has 0 aliphatic carbocycles. The molecule has 1 aliphatic rings. The fraction of sp³-hybridized carbons (Fsp3) is 0.650. The summed E-state index contributed by atoms with van der Waals surface area (Å²) in [6.45, 7) is 4.68. The Labute approximate surface area is 366 Å². The van der Waals surface area contributed by atoms with Crippen LogP contribution in [0.3, 0.4) is 0 Å². The number of benzene rings is 1. The minimum atomic E-state index is -1.41. The van der Waals surface area contributed by atoms with E-state index in [0.717, 1.165) is 21.6 Å². The molecule has 0 bridgehead atoms. The lowest BCUT2D eigenvalue weighted by Crippen LogP contribution is -2.60. The van der Waals surface area contributed by atoms with Gasteiger partial charge in [0.05, 0.1) is 0 Å². The quantitative estimate of drug-likeness (QED) is 0.0457. The number of primary amides is 2. The zero-order valence-electron chi connectivity index (χ0n) is 35.3. The molecule has 19 nitrogen and oxygen atoms in total. The molecule has 1 aliphatic heterocycles. The van der Waals surface area contributed by atoms with Crippen molar-refractivity contribution in [3.05, 3.63) is 35.9 Å². The summed E-state index contributed by atoms with van der Waals surface area (Å²) in [7, 11) is 2.07. The molecule has 1 fully saturated rings. The van der Waals surface area contributed by atoms with E-state index in [4.69, 9.17) is 28.7 Å². The molecule has 0 unspecified atom stereocenters. The number of carbonyl (C=O) groups is 8. The van der Waals surface area contributed by atoms with Gasteiger partial charge in [0.2, 0.25) is 47.3 Å². The fourth-order valence-electron chi connectivity index (χ4n) is 6.39. The molecular formula is C40H67N11O8S2. The number of unbranched alkanes of at least 4 members (excludes halogenated alkanes) is 3. The lowest BCUT2D eigenvalue weighted by atomic mass is 9.99. The molecule has 2 rings (SSSR count). The van der Waals surface area contributed by atoms with Crippen LogP contribution in [-0.2, 0) is 44.8 Å². The van der Waals surface area contributed by atoms with Crippen LogP contribution in [0.15, 0.2) is 30.3 Å². The highest BCUT2D eigenvalue weighted by molar-refractivity contribution is 8.76. The summed E-state index contributed by atoms with van der Waals surface area (Å²) < 4.78 is 0. The van der Waals surface area contributed by atoms with Crippen LogP contribution in [0.5, 0.6) is 0 Å². The highest BCUT2D eigenvalue weighted by Gasteiger charge is 2.35. The van der Waals surface area contributed by atoms with E-state index in [1.54, 1.807) is 30.3 Å². The summed E-state index contributed by atoms with van der Waals surface area (Å²) in [5, 5.41) is 16.3. The van der Waals surface area contributed by atoms with Crippen molar-refractivity contribution in [3.8, 4) is 0 Å². The predicted molar refractivity (Wildman–Crippen MR) is 237 cm³/mol. The summed E-state index contributed by atoms with van der Waals surface area (Å²) >= 11 is 0. The molecule has 8 amide bonds. The van der Waals surface area contributed by atoms with Gasteiger partial charge in [-0.15, -0.1) is 0 Å². The molecule has 342 valence electrons. The van der Waals surface area contributed by atoms with Gasteiger partial charge in [0.1, 0.15) is 42.2 Å². The van der Waals surface area contributed by atoms with Crippen molar-refractivity contribution in [3.63, 3.8) is 0 Å². The van der Waals surface area contributed by atoms with Gasteiger partial charge in [-0.3, -0.25) is 38.4 Å². The number of hydrogen-bond acceptors (Lipinski definition) is 13. The van der Waals surface area contributed by atoms with E-state index in [1.807, 2.05) is 13.8 Å². The first-order valence-corrected chi connectivity index (χ1v) is 23.4. The Hall–Kier alpha value is -4.44. The topological polar surface area (TPSA) is 339 Å². The van der Waals surface area contributed by atoms with Gasteiger partial charge in [0.15, 0.2) is 0 Å². The summed E-state index contributed by atoms with van der Waals surface area (Å²) in [6, 6.07) is 1.76. The SMILES string of the molecule is CC(C)C[C@@H]1NC(=O)[C@H](Cc2ccccc2)NC(=O)[C@H](CCCCN)NC(=O)[C@@H](C(N)=O)CSSC[C@@H](C(N)=O)NC(=O)[C@H](CCCCN)NC(=O)[C@H](CCCCN)NC1=O. The normalized spacial score (nSPS) is 24.4. The van der Waals surface area contributed by atoms with Gasteiger partial charge in [-0.05, 0) is 95.3 Å². The van der Waals surface area contributed by atoms with Gasteiger partial charge in [-0.1, -0.05) is 65.8 Å². The maximum absolute atomic E-state index is 14.2. The van der Waals surface area contributed by atoms with Gasteiger partial charge < -0.3 is 60.6 Å². The lowest BCUT2D eigenvalue weighted by molar-refractivity contribution is -0.137. The Morgan fingerprint density at radius 1 is 0.557 bits per heavy atom. The number of nitrogens with one attached hydrogen (secondary N) is 6. The van der Waals surface area contributed by atoms with E-state index in [-0.39, 0.29) is 49.5 Å². The third kappa shape index (κ3) is 19.9. The van der Waals surface area contributed by atoms with Crippen molar-refractivity contribution in [2.45, 2.75) is 121 Å². The maximum atomic E-state index is 14.2. The Kier molecular flexibility index (Phi) is 25.0. The third-order valence-electron chi connectivity index (χ3n) is 9.87. The molecule has 1 heterocycles. The molecule has 1 saturated heterocycles. The molecule has 0 spiro atoms. The van der Waals surface area contributed by atoms with Crippen LogP contribution in [0.1, 0.15) is 83.6 Å². The second-order valence-corrected chi connectivity index (χ2v) is 18.0. The second-order valence-electron chi connectivity index (χ2n) is 15.5. The Bertz CT molecular complexity index is 1590. The van der Waals surface area contributed by atoms with E-state index in [9.17, 15) is 38.4 Å². The van der Waals surface area contributed by atoms with Crippen molar-refractivity contribution < 1.29 is 38.4 Å². The minimum Gasteiger partial charge on any atom is -0.369 e. The first-order valence-electron chi connectivity index (χ1n) is 20.9. The van der Waals surface area contributed by atoms with Crippen LogP contribution in [0, 0.1) is 11.8 Å². The lowest BCUT2D eigenvalue weighted by Gasteiger charge is -2.28. The van der Waals surface area contributed by atoms with Gasteiger partial charge in [0, 0.05) is 17.9 Å². The molecule has 1 aromatic carbocycles. The first-order chi connectivity index (χ1) is 29.1. The van der Waals surface area contributed by atoms with Crippen molar-refractivity contribution in [1.82, 2.24) is 31.9 Å². The molecule has 0 radical (unpaired) electrons. The Morgan fingerprint density at radius 2 is 0.967 bits per heavy atom. The molecule has 0 saturated carbocycles. The van der Waals surface area contributed by atoms with Crippen LogP contribution >= 0.6 is 21.6 Å². The maximum Gasteiger partial charge on any atom is 0.243 e. The van der Waals surface area contributed by atoms with Crippen LogP contribution in [0.4, 0.5) is 0 Å². The van der Waals surface area contributed by atoms with E-state index in [2.05, 4.69) is 31.9 Å². The van der Waals surface area contributed by atoms with Crippen LogP contribution in [0.25, 0.3) is 0 Å². The molecule has 7 atom stereocenters. The zero-order chi connectivity index (χ0) is 45.3. The highest BCUT2D eigenvalue weighted by atomic mass is 33.1. The molecule has 61 heavy (non-hydrogen) atoms. The summed E-state index contributed by atoms with van der Waals surface area (Å²) in [6.07, 6.45) is 3.48. The van der Waals surface area contributed by atoms with Crippen LogP contribution < -0.4 is 60.6 Å². The Balaban J connectivity index is 2.67. The van der Waals surface area contributed by atoms with Crippen molar-refractivity contribution >= 4 is 68.8 Å². The molecule has 21 heteroatoms. The second kappa shape index (κ2) is 29.0. The number of rotatable bonds is 18. The fourth-order valence-corrected chi connectivity index (χ4v) is 8.82. The Morgan fingerprint density at radius 3 is 1.43 bits per heavy atom. The average molecular weight is 894 g/mol. The summed E-state index contributed by atoms with van der Waals surface area (Å²) in [5.74, 6) is -7.90. The molecule has 16 N–H and O–H groups in total. The van der Waals surface area contributed by atoms with Gasteiger partial charge in [0.25, 0.3) is 0 Å². The number of carbonyl (C=O) groups excluding carboxylic acids is 8. The third-order valence-corrected chi connectivity index (χ3v) is 12.3. The van der Waals surface area contributed by atoms with E-state index >= 15 is 0 Å². The monoisotopic (exact) mass is 893 g/mol. The van der Waals surface area contributed by atoms with E-state index in [0.29, 0.717) is 63.7 Å². The van der Waals surface area contributed by atoms with Crippen molar-refractivity contribution in [2.75, 3.05) is 31.1 Å². The largest absolute Gasteiger partial charge is 0.369 e. The van der Waals surface area contributed by atoms with Gasteiger partial charge >= 0.3 is 0 Å². The standard InChI is InChI=1S/C40H67N11O8S2/c1-24(2)20-30-39(58)48-28(15-7-10-18-42)36(55)47-29(16-8-11-19-43)38(57)51-32(34(45)53)23-61-60-22-26(33(44)52)35(54)46-27(14-6-9-17-41)37(56)50-31(40(59)49-30)21-25-12-4-3-5-13-25/h3-5,12-13,24,26-32H,6-11,14-23,41-43H2,1-2H3,(H2,44,52)(H2,45,53)(H,46,54)(H,47,55)(H,48,58)(H,49,59)(H,50,56)(H,51,57)/t26-,27+,28+,29+,30+,31+,32+/m1/s1. The number of hydrogen-bond donors (Lipinski definition) is 11. The summed E-state index contributed by atoms with van der Waals surface area (Å²) in [4.78, 5) is 109. The van der Waals surface area contributed by atoms with Gasteiger partial charge in [-0.25, -0.2) is 0 Å². The molecule has 0 aromatic heterocycles. The van der Waals surface area contributed by atoms with Crippen molar-refractivity contribution in [2.24, 2.45) is 40.5 Å². The smallest absolute Gasteiger partial charge is 0.243 e. The minimum absolute atomic E-state index is 0.0136. The number of nitrogens with two attached hydrogens (primary N) is 5. The molecule has 1 aromatic rings. The van der Waals surface area contributed by atoms with E-state index in [1.165, 1.54) is 0 Å². The van der Waals surface area contributed by atoms with Crippen molar-refractivity contribution in [1.29, 1.82) is 0 Å². The van der Waals surface area contributed by atoms with E-state index < -0.39 is 89.4 Å². The van der Waals surface area contributed by atoms with Crippen LogP contribution in [0.2, 0.25) is 0 Å². The first kappa shape index (κ1) is 52.7. The molecular weight excluding hydrogens is 827 g/mol.